The van der Waals surface area contributed by atoms with Crippen LogP contribution in [0.1, 0.15) is 4.88 Å². The summed E-state index contributed by atoms with van der Waals surface area (Å²) in [6, 6.07) is 8.88. The topological polar surface area (TPSA) is 101 Å². The van der Waals surface area contributed by atoms with Gasteiger partial charge >= 0.3 is 6.03 Å². The van der Waals surface area contributed by atoms with E-state index >= 15 is 0 Å². The van der Waals surface area contributed by atoms with Crippen LogP contribution in [-0.4, -0.2) is 14.4 Å². The molecule has 106 valence electrons. The minimum Gasteiger partial charge on any atom is -0.351 e. The van der Waals surface area contributed by atoms with Crippen molar-refractivity contribution >= 4 is 38.8 Å². The van der Waals surface area contributed by atoms with Gasteiger partial charge in [-0.1, -0.05) is 6.07 Å². The molecular weight excluding hydrogens is 298 g/mol. The molecule has 1 aromatic heterocycles. The fourth-order valence-corrected chi connectivity index (χ4v) is 3.90. The largest absolute Gasteiger partial charge is 0.351 e. The lowest BCUT2D eigenvalue weighted by Gasteiger charge is -2.08. The average Bonchev–Trinajstić information content (AvgIpc) is 2.75. The van der Waals surface area contributed by atoms with Gasteiger partial charge in [0.1, 0.15) is 4.21 Å². The maximum absolute atomic E-state index is 12.1. The Morgan fingerprint density at radius 3 is 2.50 bits per heavy atom. The monoisotopic (exact) mass is 311 g/mol. The Labute approximate surface area is 120 Å². The van der Waals surface area contributed by atoms with E-state index in [4.69, 9.17) is 5.73 Å². The number of aryl methyl sites for hydroxylation is 1. The number of sulfonamides is 1. The summed E-state index contributed by atoms with van der Waals surface area (Å²) in [5, 5.41) is 2.38. The number of hydrogen-bond donors (Lipinski definition) is 3. The standard InChI is InChI=1S/C12H13N3O3S2/c1-8-5-6-11(19-8)20(17,18)15-10-4-2-3-9(7-10)14-12(13)16/h2-7,15H,1H3,(H3,13,14,16). The number of nitrogens with one attached hydrogen (secondary N) is 2. The van der Waals surface area contributed by atoms with Crippen molar-refractivity contribution in [2.75, 3.05) is 10.0 Å². The molecule has 0 radical (unpaired) electrons. The average molecular weight is 311 g/mol. The number of primary amides is 1. The van der Waals surface area contributed by atoms with Crippen molar-refractivity contribution in [3.05, 3.63) is 41.3 Å². The SMILES string of the molecule is Cc1ccc(S(=O)(=O)Nc2cccc(NC(N)=O)c2)s1. The molecule has 4 N–H and O–H groups in total. The van der Waals surface area contributed by atoms with Gasteiger partial charge < -0.3 is 11.1 Å². The van der Waals surface area contributed by atoms with E-state index in [1.165, 1.54) is 17.4 Å². The highest BCUT2D eigenvalue weighted by Gasteiger charge is 2.16. The highest BCUT2D eigenvalue weighted by Crippen LogP contribution is 2.24. The third kappa shape index (κ3) is 3.49. The Bertz CT molecular complexity index is 738. The predicted octanol–water partition coefficient (Wildman–Crippen LogP) is 2.35. The maximum atomic E-state index is 12.1. The molecule has 1 heterocycles. The molecule has 0 atom stereocenters. The minimum absolute atomic E-state index is 0.239. The van der Waals surface area contributed by atoms with E-state index < -0.39 is 16.1 Å². The van der Waals surface area contributed by atoms with Crippen LogP contribution in [0.4, 0.5) is 16.2 Å². The summed E-state index contributed by atoms with van der Waals surface area (Å²) in [6.45, 7) is 1.83. The van der Waals surface area contributed by atoms with Crippen LogP contribution in [0, 0.1) is 6.92 Å². The third-order valence-corrected chi connectivity index (χ3v) is 5.24. The van der Waals surface area contributed by atoms with Crippen molar-refractivity contribution in [2.24, 2.45) is 5.73 Å². The Hall–Kier alpha value is -2.06. The first-order chi connectivity index (χ1) is 9.37. The number of urea groups is 1. The molecule has 20 heavy (non-hydrogen) atoms. The lowest BCUT2D eigenvalue weighted by atomic mass is 10.3. The highest BCUT2D eigenvalue weighted by molar-refractivity contribution is 7.94. The van der Waals surface area contributed by atoms with E-state index in [-0.39, 0.29) is 4.21 Å². The van der Waals surface area contributed by atoms with Gasteiger partial charge in [-0.3, -0.25) is 4.72 Å². The molecule has 2 aromatic rings. The number of rotatable bonds is 4. The summed E-state index contributed by atoms with van der Waals surface area (Å²) in [4.78, 5) is 11.7. The van der Waals surface area contributed by atoms with E-state index in [9.17, 15) is 13.2 Å². The molecule has 0 saturated heterocycles. The van der Waals surface area contributed by atoms with Crippen LogP contribution in [-0.2, 0) is 10.0 Å². The second kappa shape index (κ2) is 5.51. The number of nitrogens with two attached hydrogens (primary N) is 1. The molecule has 0 aliphatic heterocycles. The zero-order valence-corrected chi connectivity index (χ0v) is 12.2. The summed E-state index contributed by atoms with van der Waals surface area (Å²) >= 11 is 1.19. The minimum atomic E-state index is -3.61. The molecule has 0 spiro atoms. The fourth-order valence-electron chi connectivity index (χ4n) is 1.56. The summed E-state index contributed by atoms with van der Waals surface area (Å²) in [7, 11) is -3.61. The number of benzene rings is 1. The van der Waals surface area contributed by atoms with Gasteiger partial charge in [0, 0.05) is 10.6 Å². The van der Waals surface area contributed by atoms with Gasteiger partial charge in [-0.25, -0.2) is 13.2 Å². The van der Waals surface area contributed by atoms with Gasteiger partial charge in [0.25, 0.3) is 10.0 Å². The molecule has 2 amide bonds. The van der Waals surface area contributed by atoms with Crippen LogP contribution in [0.2, 0.25) is 0 Å². The van der Waals surface area contributed by atoms with Crippen LogP contribution < -0.4 is 15.8 Å². The van der Waals surface area contributed by atoms with E-state index in [0.29, 0.717) is 11.4 Å². The first kappa shape index (κ1) is 14.4. The Kier molecular flexibility index (Phi) is 3.96. The molecule has 8 heteroatoms. The second-order valence-electron chi connectivity index (χ2n) is 4.04. The number of anilines is 2. The van der Waals surface area contributed by atoms with Crippen LogP contribution in [0.5, 0.6) is 0 Å². The molecular formula is C12H13N3O3S2. The quantitative estimate of drug-likeness (QED) is 0.807. The second-order valence-corrected chi connectivity index (χ2v) is 7.24. The van der Waals surface area contributed by atoms with Crippen molar-refractivity contribution in [3.8, 4) is 0 Å². The molecule has 2 rings (SSSR count). The van der Waals surface area contributed by atoms with Gasteiger partial charge in [0.15, 0.2) is 0 Å². The maximum Gasteiger partial charge on any atom is 0.316 e. The molecule has 0 aliphatic carbocycles. The number of carbonyl (C=O) groups is 1. The predicted molar refractivity (Wildman–Crippen MR) is 79.5 cm³/mol. The van der Waals surface area contributed by atoms with Gasteiger partial charge in [-0.2, -0.15) is 0 Å². The van der Waals surface area contributed by atoms with E-state index in [0.717, 1.165) is 4.88 Å². The summed E-state index contributed by atoms with van der Waals surface area (Å²) in [5.74, 6) is 0. The van der Waals surface area contributed by atoms with Gasteiger partial charge in [-0.15, -0.1) is 11.3 Å². The van der Waals surface area contributed by atoms with Crippen molar-refractivity contribution in [2.45, 2.75) is 11.1 Å². The van der Waals surface area contributed by atoms with Crippen LogP contribution in [0.25, 0.3) is 0 Å². The van der Waals surface area contributed by atoms with Crippen LogP contribution >= 0.6 is 11.3 Å². The van der Waals surface area contributed by atoms with E-state index in [2.05, 4.69) is 10.0 Å². The van der Waals surface area contributed by atoms with Gasteiger partial charge in [0.05, 0.1) is 5.69 Å². The number of thiophene rings is 1. The molecule has 6 nitrogen and oxygen atoms in total. The molecule has 0 bridgehead atoms. The van der Waals surface area contributed by atoms with Crippen molar-refractivity contribution in [3.63, 3.8) is 0 Å². The Morgan fingerprint density at radius 2 is 1.90 bits per heavy atom. The van der Waals surface area contributed by atoms with E-state index in [1.807, 2.05) is 6.92 Å². The third-order valence-electron chi connectivity index (χ3n) is 2.36. The van der Waals surface area contributed by atoms with Gasteiger partial charge in [-0.05, 0) is 37.3 Å². The van der Waals surface area contributed by atoms with Crippen molar-refractivity contribution in [1.29, 1.82) is 0 Å². The molecule has 0 saturated carbocycles. The zero-order valence-electron chi connectivity index (χ0n) is 10.6. The van der Waals surface area contributed by atoms with Gasteiger partial charge in [0.2, 0.25) is 0 Å². The highest BCUT2D eigenvalue weighted by atomic mass is 32.2. The van der Waals surface area contributed by atoms with E-state index in [1.54, 1.807) is 30.3 Å². The number of hydrogen-bond acceptors (Lipinski definition) is 4. The first-order valence-corrected chi connectivity index (χ1v) is 7.92. The smallest absolute Gasteiger partial charge is 0.316 e. The molecule has 1 aromatic carbocycles. The fraction of sp³-hybridized carbons (Fsp3) is 0.0833. The Balaban J connectivity index is 2.23. The zero-order chi connectivity index (χ0) is 14.8. The molecule has 0 aliphatic rings. The summed E-state index contributed by atoms with van der Waals surface area (Å²) in [6.07, 6.45) is 0. The van der Waals surface area contributed by atoms with Crippen molar-refractivity contribution in [1.82, 2.24) is 0 Å². The molecule has 0 unspecified atom stereocenters. The van der Waals surface area contributed by atoms with Crippen molar-refractivity contribution < 1.29 is 13.2 Å². The summed E-state index contributed by atoms with van der Waals surface area (Å²) < 4.78 is 27.0. The normalized spacial score (nSPS) is 11.1. The number of amides is 2. The number of carbonyl (C=O) groups excluding carboxylic acids is 1. The summed E-state index contributed by atoms with van der Waals surface area (Å²) in [5.41, 5.74) is 5.77. The van der Waals surface area contributed by atoms with Crippen LogP contribution in [0.3, 0.4) is 0 Å². The lowest BCUT2D eigenvalue weighted by Crippen LogP contribution is -2.19. The molecule has 0 fully saturated rings. The lowest BCUT2D eigenvalue weighted by molar-refractivity contribution is 0.259. The first-order valence-electron chi connectivity index (χ1n) is 5.62. The Morgan fingerprint density at radius 1 is 1.20 bits per heavy atom. The van der Waals surface area contributed by atoms with Crippen LogP contribution in [0.15, 0.2) is 40.6 Å².